The Bertz CT molecular complexity index is 343. The topological polar surface area (TPSA) is 87.1 Å². The highest BCUT2D eigenvalue weighted by molar-refractivity contribution is 7.81. The molecule has 0 saturated carbocycles. The van der Waals surface area contributed by atoms with Gasteiger partial charge in [-0.15, -0.1) is 8.75 Å². The van der Waals surface area contributed by atoms with Gasteiger partial charge in [-0.05, 0) is 12.1 Å². The molecule has 0 amide bonds. The van der Waals surface area contributed by atoms with E-state index in [1.54, 1.807) is 18.2 Å². The summed E-state index contributed by atoms with van der Waals surface area (Å²) in [7, 11) is 0. The summed E-state index contributed by atoms with van der Waals surface area (Å²) in [4.78, 5) is 0. The Kier molecular flexibility index (Phi) is 4.17. The maximum absolute atomic E-state index is 10.7. The molecular weight excluding hydrogens is 230 g/mol. The maximum Gasteiger partial charge on any atom is 0.325 e. The minimum Gasteiger partial charge on any atom is -0.288 e. The van der Waals surface area contributed by atoms with Crippen molar-refractivity contribution in [2.75, 3.05) is 4.47 Å². The van der Waals surface area contributed by atoms with Crippen LogP contribution in [0.1, 0.15) is 0 Å². The van der Waals surface area contributed by atoms with Crippen molar-refractivity contribution in [3.8, 4) is 0 Å². The second-order valence-corrected chi connectivity index (χ2v) is 3.49. The van der Waals surface area contributed by atoms with Crippen molar-refractivity contribution in [3.63, 3.8) is 0 Å². The van der Waals surface area contributed by atoms with E-state index in [-0.39, 0.29) is 5.69 Å². The van der Waals surface area contributed by atoms with Gasteiger partial charge >= 0.3 is 11.4 Å². The van der Waals surface area contributed by atoms with Gasteiger partial charge in [-0.1, -0.05) is 18.2 Å². The first kappa shape index (κ1) is 11.3. The predicted molar refractivity (Wildman–Crippen MR) is 51.5 cm³/mol. The number of para-hydroxylation sites is 1. The van der Waals surface area contributed by atoms with Crippen LogP contribution in [-0.2, 0) is 26.9 Å². The smallest absolute Gasteiger partial charge is 0.288 e. The number of rotatable bonds is 4. The van der Waals surface area contributed by atoms with Crippen LogP contribution in [0.5, 0.6) is 0 Å². The Morgan fingerprint density at radius 1 is 1.14 bits per heavy atom. The number of anilines is 1. The van der Waals surface area contributed by atoms with Gasteiger partial charge in [0.1, 0.15) is 0 Å². The molecule has 1 aromatic carbocycles. The van der Waals surface area contributed by atoms with E-state index in [1.807, 2.05) is 0 Å². The molecule has 78 valence electrons. The molecular formula is C6H7NO5S2. The number of benzene rings is 1. The minimum absolute atomic E-state index is 0.204. The van der Waals surface area contributed by atoms with Gasteiger partial charge < -0.3 is 0 Å². The largest absolute Gasteiger partial charge is 0.325 e. The maximum atomic E-state index is 10.7. The van der Waals surface area contributed by atoms with Gasteiger partial charge in [-0.25, -0.2) is 4.21 Å². The quantitative estimate of drug-likeness (QED) is 0.594. The van der Waals surface area contributed by atoms with E-state index in [9.17, 15) is 8.42 Å². The fourth-order valence-electron chi connectivity index (χ4n) is 0.767. The predicted octanol–water partition coefficient (Wildman–Crippen LogP) is 0.698. The van der Waals surface area contributed by atoms with Gasteiger partial charge in [-0.2, -0.15) is 4.21 Å². The molecule has 14 heavy (non-hydrogen) atoms. The third kappa shape index (κ3) is 3.16. The van der Waals surface area contributed by atoms with Gasteiger partial charge in [0.15, 0.2) is 0 Å². The Labute approximate surface area is 85.4 Å². The van der Waals surface area contributed by atoms with Crippen molar-refractivity contribution < 1.29 is 21.8 Å². The molecule has 0 spiro atoms. The molecule has 0 aliphatic carbocycles. The molecule has 2 unspecified atom stereocenters. The molecule has 6 nitrogen and oxygen atoms in total. The molecule has 0 aromatic heterocycles. The van der Waals surface area contributed by atoms with Crippen molar-refractivity contribution in [3.05, 3.63) is 30.3 Å². The summed E-state index contributed by atoms with van der Waals surface area (Å²) in [6, 6.07) is 7.80. The van der Waals surface area contributed by atoms with Crippen molar-refractivity contribution in [1.82, 2.24) is 0 Å². The van der Waals surface area contributed by atoms with Crippen molar-refractivity contribution in [1.29, 1.82) is 0 Å². The van der Waals surface area contributed by atoms with E-state index >= 15 is 0 Å². The average molecular weight is 237 g/mol. The van der Waals surface area contributed by atoms with Crippen LogP contribution in [0.15, 0.2) is 30.3 Å². The van der Waals surface area contributed by atoms with E-state index in [4.69, 9.17) is 9.11 Å². The summed E-state index contributed by atoms with van der Waals surface area (Å²) >= 11 is -5.16. The van der Waals surface area contributed by atoms with Crippen molar-refractivity contribution in [2.24, 2.45) is 0 Å². The normalized spacial score (nSPS) is 14.7. The van der Waals surface area contributed by atoms with Gasteiger partial charge in [0.25, 0.3) is 11.3 Å². The average Bonchev–Trinajstić information content (AvgIpc) is 2.15. The lowest BCUT2D eigenvalue weighted by molar-refractivity contribution is 0.319. The van der Waals surface area contributed by atoms with E-state index in [0.29, 0.717) is 4.47 Å². The van der Waals surface area contributed by atoms with Crippen LogP contribution in [0.2, 0.25) is 0 Å². The zero-order valence-corrected chi connectivity index (χ0v) is 8.40. The molecule has 0 bridgehead atoms. The third-order valence-corrected chi connectivity index (χ3v) is 2.18. The first-order chi connectivity index (χ1) is 6.61. The first-order valence-electron chi connectivity index (χ1n) is 3.36. The lowest BCUT2D eigenvalue weighted by Crippen LogP contribution is -2.26. The molecule has 2 N–H and O–H groups in total. The fraction of sp³-hybridized carbons (Fsp3) is 0. The van der Waals surface area contributed by atoms with Crippen LogP contribution < -0.4 is 4.47 Å². The lowest BCUT2D eigenvalue weighted by Gasteiger charge is -2.14. The summed E-state index contributed by atoms with van der Waals surface area (Å²) < 4.78 is 42.8. The Hall–Kier alpha value is -0.800. The van der Waals surface area contributed by atoms with Crippen molar-refractivity contribution in [2.45, 2.75) is 0 Å². The van der Waals surface area contributed by atoms with Gasteiger partial charge in [-0.3, -0.25) is 9.11 Å². The SMILES string of the molecule is O=S(O)ON(c1ccccc1)S(=O)O. The molecule has 1 rings (SSSR count). The summed E-state index contributed by atoms with van der Waals surface area (Å²) in [5.41, 5.74) is 0.204. The number of nitrogens with zero attached hydrogens (tertiary/aromatic N) is 1. The van der Waals surface area contributed by atoms with Crippen LogP contribution in [0.4, 0.5) is 5.69 Å². The second kappa shape index (κ2) is 5.17. The molecule has 0 aliphatic heterocycles. The summed E-state index contributed by atoms with van der Waals surface area (Å²) in [5, 5.41) is 0. The van der Waals surface area contributed by atoms with Crippen LogP contribution in [0, 0.1) is 0 Å². The Morgan fingerprint density at radius 2 is 1.71 bits per heavy atom. The molecule has 0 radical (unpaired) electrons. The molecule has 0 saturated heterocycles. The minimum atomic E-state index is -2.64. The Balaban J connectivity index is 2.89. The monoisotopic (exact) mass is 237 g/mol. The zero-order chi connectivity index (χ0) is 10.6. The fourth-order valence-corrected chi connectivity index (χ4v) is 1.64. The van der Waals surface area contributed by atoms with Crippen LogP contribution in [0.25, 0.3) is 0 Å². The standard InChI is InChI=1S/C6H7NO5S2/c8-13(9)7(12-14(10)11)6-4-2-1-3-5-6/h1-5H,(H,8,9)(H,10,11). The highest BCUT2D eigenvalue weighted by Gasteiger charge is 2.15. The molecule has 0 fully saturated rings. The second-order valence-electron chi connectivity index (χ2n) is 2.12. The third-order valence-electron chi connectivity index (χ3n) is 1.24. The van der Waals surface area contributed by atoms with Crippen LogP contribution >= 0.6 is 0 Å². The van der Waals surface area contributed by atoms with Crippen LogP contribution in [-0.4, -0.2) is 17.5 Å². The summed E-state index contributed by atoms with van der Waals surface area (Å²) in [6.07, 6.45) is 0. The molecule has 2 atom stereocenters. The molecule has 1 aromatic rings. The van der Waals surface area contributed by atoms with E-state index < -0.39 is 22.6 Å². The van der Waals surface area contributed by atoms with Crippen LogP contribution in [0.3, 0.4) is 0 Å². The van der Waals surface area contributed by atoms with Gasteiger partial charge in [0.05, 0.1) is 5.69 Å². The Morgan fingerprint density at radius 3 is 2.14 bits per heavy atom. The highest BCUT2D eigenvalue weighted by Crippen LogP contribution is 2.15. The lowest BCUT2D eigenvalue weighted by atomic mass is 10.3. The van der Waals surface area contributed by atoms with E-state index in [1.165, 1.54) is 12.1 Å². The zero-order valence-electron chi connectivity index (χ0n) is 6.77. The van der Waals surface area contributed by atoms with Gasteiger partial charge in [0.2, 0.25) is 0 Å². The van der Waals surface area contributed by atoms with E-state index in [0.717, 1.165) is 0 Å². The van der Waals surface area contributed by atoms with Crippen molar-refractivity contribution >= 4 is 28.3 Å². The van der Waals surface area contributed by atoms with E-state index in [2.05, 4.69) is 4.28 Å². The number of hydrogen-bond donors (Lipinski definition) is 2. The summed E-state index contributed by atoms with van der Waals surface area (Å²) in [5.74, 6) is 0. The highest BCUT2D eigenvalue weighted by atomic mass is 32.2. The molecule has 8 heteroatoms. The summed E-state index contributed by atoms with van der Waals surface area (Å²) in [6.45, 7) is 0. The molecule has 0 heterocycles. The molecule has 0 aliphatic rings. The number of hydrogen-bond acceptors (Lipinski definition) is 3. The first-order valence-corrected chi connectivity index (χ1v) is 5.46. The van der Waals surface area contributed by atoms with Gasteiger partial charge in [0, 0.05) is 0 Å².